The van der Waals surface area contributed by atoms with E-state index in [0.29, 0.717) is 23.6 Å². The lowest BCUT2D eigenvalue weighted by atomic mass is 9.97. The predicted octanol–water partition coefficient (Wildman–Crippen LogP) is 2.09. The molecule has 2 saturated heterocycles. The van der Waals surface area contributed by atoms with Crippen molar-refractivity contribution in [2.75, 3.05) is 33.2 Å². The third-order valence-corrected chi connectivity index (χ3v) is 7.54. The van der Waals surface area contributed by atoms with Crippen LogP contribution in [0.3, 0.4) is 0 Å². The number of nitrogens with zero attached hydrogens (tertiary/aromatic N) is 2. The summed E-state index contributed by atoms with van der Waals surface area (Å²) in [5.74, 6) is -0.331. The van der Waals surface area contributed by atoms with Gasteiger partial charge in [0.2, 0.25) is 15.9 Å². The maximum Gasteiger partial charge on any atom is 0.224 e. The summed E-state index contributed by atoms with van der Waals surface area (Å²) >= 11 is 5.87. The Morgan fingerprint density at radius 2 is 1.81 bits per heavy atom. The number of carbonyl (C=O) groups excluding carboxylic acids is 1. The molecular formula is C19H28ClN3O3S. The molecule has 3 rings (SSSR count). The van der Waals surface area contributed by atoms with E-state index in [1.165, 1.54) is 4.31 Å². The van der Waals surface area contributed by atoms with Gasteiger partial charge in [0.05, 0.1) is 11.7 Å². The SMILES string of the molecule is CN1CCC(NC(=O)[C@H]2CCCN(S(=O)(=O)Cc3ccc(Cl)cc3)C2)CC1. The van der Waals surface area contributed by atoms with Crippen molar-refractivity contribution in [2.24, 2.45) is 5.92 Å². The lowest BCUT2D eigenvalue weighted by Gasteiger charge is -2.34. The van der Waals surface area contributed by atoms with Crippen molar-refractivity contribution in [2.45, 2.75) is 37.5 Å². The molecule has 2 aliphatic heterocycles. The third-order valence-electron chi connectivity index (χ3n) is 5.48. The molecule has 0 unspecified atom stereocenters. The Bertz CT molecular complexity index is 746. The zero-order valence-corrected chi connectivity index (χ0v) is 17.3. The molecule has 0 saturated carbocycles. The van der Waals surface area contributed by atoms with E-state index in [-0.39, 0.29) is 30.2 Å². The Morgan fingerprint density at radius 1 is 1.15 bits per heavy atom. The fraction of sp³-hybridized carbons (Fsp3) is 0.632. The summed E-state index contributed by atoms with van der Waals surface area (Å²) in [6.07, 6.45) is 3.36. The van der Waals surface area contributed by atoms with Gasteiger partial charge in [-0.1, -0.05) is 23.7 Å². The highest BCUT2D eigenvalue weighted by atomic mass is 35.5. The Morgan fingerprint density at radius 3 is 2.48 bits per heavy atom. The molecule has 0 aliphatic carbocycles. The topological polar surface area (TPSA) is 69.7 Å². The number of halogens is 1. The van der Waals surface area contributed by atoms with E-state index in [0.717, 1.165) is 32.4 Å². The standard InChI is InChI=1S/C19H28ClN3O3S/c1-22-11-8-18(9-12-22)21-19(24)16-3-2-10-23(13-16)27(25,26)14-15-4-6-17(20)7-5-15/h4-7,16,18H,2-3,8-14H2,1H3,(H,21,24)/t16-/m0/s1. The second-order valence-electron chi connectivity index (χ2n) is 7.67. The highest BCUT2D eigenvalue weighted by Crippen LogP contribution is 2.23. The van der Waals surface area contributed by atoms with Gasteiger partial charge in [-0.15, -0.1) is 0 Å². The van der Waals surface area contributed by atoms with Crippen molar-refractivity contribution in [3.63, 3.8) is 0 Å². The van der Waals surface area contributed by atoms with E-state index < -0.39 is 10.0 Å². The number of hydrogen-bond donors (Lipinski definition) is 1. The van der Waals surface area contributed by atoms with Crippen LogP contribution in [-0.2, 0) is 20.6 Å². The van der Waals surface area contributed by atoms with Crippen LogP contribution in [0.15, 0.2) is 24.3 Å². The number of rotatable bonds is 5. The maximum atomic E-state index is 12.8. The van der Waals surface area contributed by atoms with Gasteiger partial charge in [-0.25, -0.2) is 12.7 Å². The first kappa shape index (κ1) is 20.6. The molecule has 8 heteroatoms. The normalized spacial score (nSPS) is 23.3. The molecule has 1 atom stereocenters. The Labute approximate surface area is 166 Å². The largest absolute Gasteiger partial charge is 0.353 e. The second kappa shape index (κ2) is 8.90. The fourth-order valence-electron chi connectivity index (χ4n) is 3.76. The van der Waals surface area contributed by atoms with E-state index >= 15 is 0 Å². The van der Waals surface area contributed by atoms with Crippen LogP contribution in [-0.4, -0.2) is 62.8 Å². The minimum absolute atomic E-state index is 0.00375. The molecule has 2 fully saturated rings. The summed E-state index contributed by atoms with van der Waals surface area (Å²) in [6.45, 7) is 2.72. The Hall–Kier alpha value is -1.15. The van der Waals surface area contributed by atoms with Crippen LogP contribution in [0.4, 0.5) is 0 Å². The van der Waals surface area contributed by atoms with E-state index in [1.54, 1.807) is 24.3 Å². The molecule has 2 heterocycles. The summed E-state index contributed by atoms with van der Waals surface area (Å²) in [5, 5.41) is 3.72. The fourth-order valence-corrected chi connectivity index (χ4v) is 5.50. The predicted molar refractivity (Wildman–Crippen MR) is 107 cm³/mol. The van der Waals surface area contributed by atoms with Crippen molar-refractivity contribution in [1.82, 2.24) is 14.5 Å². The first-order chi connectivity index (χ1) is 12.8. The summed E-state index contributed by atoms with van der Waals surface area (Å²) < 4.78 is 27.1. The van der Waals surface area contributed by atoms with Gasteiger partial charge in [0.1, 0.15) is 0 Å². The number of nitrogens with one attached hydrogen (secondary N) is 1. The van der Waals surface area contributed by atoms with Crippen LogP contribution < -0.4 is 5.32 Å². The molecule has 1 aromatic carbocycles. The molecule has 0 bridgehead atoms. The minimum Gasteiger partial charge on any atom is -0.353 e. The average Bonchev–Trinajstić information content (AvgIpc) is 2.65. The van der Waals surface area contributed by atoms with Gasteiger partial charge >= 0.3 is 0 Å². The highest BCUT2D eigenvalue weighted by molar-refractivity contribution is 7.88. The van der Waals surface area contributed by atoms with Gasteiger partial charge in [0.15, 0.2) is 0 Å². The van der Waals surface area contributed by atoms with Crippen LogP contribution >= 0.6 is 11.6 Å². The lowest BCUT2D eigenvalue weighted by Crippen LogP contribution is -2.49. The van der Waals surface area contributed by atoms with Gasteiger partial charge in [0.25, 0.3) is 0 Å². The maximum absolute atomic E-state index is 12.8. The molecule has 27 heavy (non-hydrogen) atoms. The number of benzene rings is 1. The monoisotopic (exact) mass is 413 g/mol. The quantitative estimate of drug-likeness (QED) is 0.802. The van der Waals surface area contributed by atoms with E-state index in [4.69, 9.17) is 11.6 Å². The molecule has 1 amide bonds. The van der Waals surface area contributed by atoms with Crippen molar-refractivity contribution < 1.29 is 13.2 Å². The van der Waals surface area contributed by atoms with Gasteiger partial charge in [0, 0.05) is 24.2 Å². The van der Waals surface area contributed by atoms with E-state index in [9.17, 15) is 13.2 Å². The second-order valence-corrected chi connectivity index (χ2v) is 10.1. The summed E-state index contributed by atoms with van der Waals surface area (Å²) in [7, 11) is -1.37. The first-order valence-electron chi connectivity index (χ1n) is 9.55. The smallest absolute Gasteiger partial charge is 0.224 e. The number of hydrogen-bond acceptors (Lipinski definition) is 4. The minimum atomic E-state index is -3.45. The lowest BCUT2D eigenvalue weighted by molar-refractivity contribution is -0.127. The van der Waals surface area contributed by atoms with Crippen molar-refractivity contribution in [3.05, 3.63) is 34.9 Å². The molecule has 1 aromatic rings. The number of likely N-dealkylation sites (tertiary alicyclic amines) is 1. The zero-order valence-electron chi connectivity index (χ0n) is 15.7. The van der Waals surface area contributed by atoms with Gasteiger partial charge in [-0.2, -0.15) is 0 Å². The third kappa shape index (κ3) is 5.67. The molecular weight excluding hydrogens is 386 g/mol. The number of amides is 1. The Balaban J connectivity index is 1.57. The number of piperidine rings is 2. The summed E-state index contributed by atoms with van der Waals surface area (Å²) in [5.41, 5.74) is 0.706. The van der Waals surface area contributed by atoms with E-state index in [2.05, 4.69) is 17.3 Å². The number of sulfonamides is 1. The zero-order chi connectivity index (χ0) is 19.4. The highest BCUT2D eigenvalue weighted by Gasteiger charge is 2.33. The van der Waals surface area contributed by atoms with Crippen LogP contribution in [0.5, 0.6) is 0 Å². The first-order valence-corrected chi connectivity index (χ1v) is 11.5. The summed E-state index contributed by atoms with van der Waals surface area (Å²) in [4.78, 5) is 14.9. The molecule has 2 aliphatic rings. The van der Waals surface area contributed by atoms with E-state index in [1.807, 2.05) is 0 Å². The number of carbonyl (C=O) groups is 1. The Kier molecular flexibility index (Phi) is 6.78. The molecule has 0 spiro atoms. The van der Waals surface area contributed by atoms with Crippen LogP contribution in [0.1, 0.15) is 31.2 Å². The van der Waals surface area contributed by atoms with Crippen LogP contribution in [0.25, 0.3) is 0 Å². The summed E-state index contributed by atoms with van der Waals surface area (Å²) in [6, 6.07) is 7.05. The van der Waals surface area contributed by atoms with Crippen LogP contribution in [0, 0.1) is 5.92 Å². The average molecular weight is 414 g/mol. The van der Waals surface area contributed by atoms with Gasteiger partial charge in [-0.05, 0) is 63.5 Å². The van der Waals surface area contributed by atoms with Crippen molar-refractivity contribution in [3.8, 4) is 0 Å². The van der Waals surface area contributed by atoms with Crippen LogP contribution in [0.2, 0.25) is 5.02 Å². The molecule has 1 N–H and O–H groups in total. The van der Waals surface area contributed by atoms with Crippen molar-refractivity contribution in [1.29, 1.82) is 0 Å². The van der Waals surface area contributed by atoms with Gasteiger partial charge < -0.3 is 10.2 Å². The molecule has 6 nitrogen and oxygen atoms in total. The molecule has 0 radical (unpaired) electrons. The molecule has 0 aromatic heterocycles. The van der Waals surface area contributed by atoms with Gasteiger partial charge in [-0.3, -0.25) is 4.79 Å². The van der Waals surface area contributed by atoms with Crippen molar-refractivity contribution >= 4 is 27.5 Å². The molecule has 150 valence electrons.